The van der Waals surface area contributed by atoms with Crippen LogP contribution in [0.25, 0.3) is 0 Å². The van der Waals surface area contributed by atoms with Gasteiger partial charge in [-0.2, -0.15) is 0 Å². The lowest BCUT2D eigenvalue weighted by Gasteiger charge is -2.16. The molecule has 1 N–H and O–H groups in total. The molecule has 2 rings (SSSR count). The van der Waals surface area contributed by atoms with Gasteiger partial charge in [0, 0.05) is 18.9 Å². The first-order chi connectivity index (χ1) is 9.76. The molecule has 4 nitrogen and oxygen atoms in total. The molecule has 0 bridgehead atoms. The standard InChI is InChI=1S/C16H19NO3/c1-3-20-14-8-13(9-17-10-14)16(18)15-7-5-4-6-12(15)11-19-2/h4-10,16,18H,3,11H2,1-2H3. The van der Waals surface area contributed by atoms with Crippen LogP contribution in [-0.4, -0.2) is 23.8 Å². The predicted octanol–water partition coefficient (Wildman–Crippen LogP) is 2.71. The minimum Gasteiger partial charge on any atom is -0.492 e. The lowest BCUT2D eigenvalue weighted by Crippen LogP contribution is -2.05. The van der Waals surface area contributed by atoms with Crippen molar-refractivity contribution in [3.8, 4) is 5.75 Å². The van der Waals surface area contributed by atoms with E-state index in [1.807, 2.05) is 37.3 Å². The minimum absolute atomic E-state index is 0.464. The Morgan fingerprint density at radius 3 is 2.80 bits per heavy atom. The summed E-state index contributed by atoms with van der Waals surface area (Å²) in [6, 6.07) is 9.48. The van der Waals surface area contributed by atoms with E-state index in [2.05, 4.69) is 4.98 Å². The number of aliphatic hydroxyl groups is 1. The van der Waals surface area contributed by atoms with Gasteiger partial charge in [-0.05, 0) is 24.1 Å². The highest BCUT2D eigenvalue weighted by Crippen LogP contribution is 2.27. The number of benzene rings is 1. The number of ether oxygens (including phenoxy) is 2. The third-order valence-electron chi connectivity index (χ3n) is 3.01. The predicted molar refractivity (Wildman–Crippen MR) is 76.6 cm³/mol. The van der Waals surface area contributed by atoms with Gasteiger partial charge in [0.1, 0.15) is 11.9 Å². The average molecular weight is 273 g/mol. The quantitative estimate of drug-likeness (QED) is 0.879. The average Bonchev–Trinajstić information content (AvgIpc) is 2.48. The smallest absolute Gasteiger partial charge is 0.137 e. The van der Waals surface area contributed by atoms with Gasteiger partial charge in [-0.15, -0.1) is 0 Å². The van der Waals surface area contributed by atoms with Crippen LogP contribution >= 0.6 is 0 Å². The van der Waals surface area contributed by atoms with Gasteiger partial charge in [0.15, 0.2) is 0 Å². The van der Waals surface area contributed by atoms with Crippen molar-refractivity contribution in [1.82, 2.24) is 4.98 Å². The molecule has 0 aliphatic heterocycles. The molecule has 106 valence electrons. The lowest BCUT2D eigenvalue weighted by molar-refractivity contribution is 0.176. The molecule has 0 amide bonds. The fourth-order valence-electron chi connectivity index (χ4n) is 2.10. The summed E-state index contributed by atoms with van der Waals surface area (Å²) >= 11 is 0. The van der Waals surface area contributed by atoms with E-state index in [-0.39, 0.29) is 0 Å². The molecule has 0 spiro atoms. The zero-order valence-corrected chi connectivity index (χ0v) is 11.7. The van der Waals surface area contributed by atoms with E-state index in [0.29, 0.717) is 24.5 Å². The summed E-state index contributed by atoms with van der Waals surface area (Å²) in [5.74, 6) is 0.660. The van der Waals surface area contributed by atoms with E-state index in [4.69, 9.17) is 9.47 Å². The number of methoxy groups -OCH3 is 1. The highest BCUT2D eigenvalue weighted by molar-refractivity contribution is 5.36. The summed E-state index contributed by atoms with van der Waals surface area (Å²) < 4.78 is 10.6. The van der Waals surface area contributed by atoms with Gasteiger partial charge in [-0.25, -0.2) is 0 Å². The van der Waals surface area contributed by atoms with Crippen LogP contribution in [-0.2, 0) is 11.3 Å². The van der Waals surface area contributed by atoms with E-state index in [9.17, 15) is 5.11 Å². The normalized spacial score (nSPS) is 12.2. The molecule has 1 aromatic heterocycles. The van der Waals surface area contributed by atoms with E-state index >= 15 is 0 Å². The van der Waals surface area contributed by atoms with Crippen molar-refractivity contribution in [2.45, 2.75) is 19.6 Å². The molecule has 0 aliphatic rings. The molecule has 0 radical (unpaired) electrons. The number of hydrogen-bond acceptors (Lipinski definition) is 4. The molecule has 1 atom stereocenters. The summed E-state index contributed by atoms with van der Waals surface area (Å²) in [6.07, 6.45) is 2.55. The number of hydrogen-bond donors (Lipinski definition) is 1. The molecule has 0 saturated carbocycles. The largest absolute Gasteiger partial charge is 0.492 e. The maximum atomic E-state index is 10.5. The summed E-state index contributed by atoms with van der Waals surface area (Å²) in [4.78, 5) is 4.11. The van der Waals surface area contributed by atoms with E-state index in [1.54, 1.807) is 19.5 Å². The van der Waals surface area contributed by atoms with Crippen LogP contribution in [0.5, 0.6) is 5.75 Å². The second-order valence-corrected chi connectivity index (χ2v) is 4.42. The summed E-state index contributed by atoms with van der Waals surface area (Å²) in [7, 11) is 1.64. The van der Waals surface area contributed by atoms with Gasteiger partial charge in [-0.1, -0.05) is 24.3 Å². The maximum Gasteiger partial charge on any atom is 0.137 e. The first-order valence-electron chi connectivity index (χ1n) is 6.58. The van der Waals surface area contributed by atoms with Crippen molar-refractivity contribution in [1.29, 1.82) is 0 Å². The fourth-order valence-corrected chi connectivity index (χ4v) is 2.10. The van der Waals surface area contributed by atoms with Gasteiger partial charge in [0.05, 0.1) is 19.4 Å². The number of aliphatic hydroxyl groups excluding tert-OH is 1. The SMILES string of the molecule is CCOc1cncc(C(O)c2ccccc2COC)c1. The Morgan fingerprint density at radius 1 is 1.25 bits per heavy atom. The summed E-state index contributed by atoms with van der Waals surface area (Å²) in [5, 5.41) is 10.5. The maximum absolute atomic E-state index is 10.5. The highest BCUT2D eigenvalue weighted by atomic mass is 16.5. The number of nitrogens with zero attached hydrogens (tertiary/aromatic N) is 1. The summed E-state index contributed by atoms with van der Waals surface area (Å²) in [5.41, 5.74) is 2.49. The van der Waals surface area contributed by atoms with Crippen molar-refractivity contribution in [2.24, 2.45) is 0 Å². The zero-order valence-electron chi connectivity index (χ0n) is 11.7. The van der Waals surface area contributed by atoms with E-state index in [0.717, 1.165) is 11.1 Å². The zero-order chi connectivity index (χ0) is 14.4. The summed E-state index contributed by atoms with van der Waals surface area (Å²) in [6.45, 7) is 2.95. The third-order valence-corrected chi connectivity index (χ3v) is 3.01. The monoisotopic (exact) mass is 273 g/mol. The second kappa shape index (κ2) is 7.03. The molecule has 2 aromatic rings. The molecular weight excluding hydrogens is 254 g/mol. The van der Waals surface area contributed by atoms with Gasteiger partial charge in [-0.3, -0.25) is 4.98 Å². The third kappa shape index (κ3) is 3.35. The van der Waals surface area contributed by atoms with E-state index < -0.39 is 6.10 Å². The minimum atomic E-state index is -0.741. The van der Waals surface area contributed by atoms with E-state index in [1.165, 1.54) is 0 Å². The van der Waals surface area contributed by atoms with Crippen molar-refractivity contribution in [3.05, 3.63) is 59.4 Å². The Labute approximate surface area is 119 Å². The van der Waals surface area contributed by atoms with Crippen molar-refractivity contribution < 1.29 is 14.6 Å². The number of rotatable bonds is 6. The second-order valence-electron chi connectivity index (χ2n) is 4.42. The Morgan fingerprint density at radius 2 is 2.05 bits per heavy atom. The number of pyridine rings is 1. The van der Waals surface area contributed by atoms with Crippen LogP contribution in [0.1, 0.15) is 29.7 Å². The molecule has 1 aromatic carbocycles. The first-order valence-corrected chi connectivity index (χ1v) is 6.58. The van der Waals surface area contributed by atoms with Gasteiger partial charge in [0.25, 0.3) is 0 Å². The Kier molecular flexibility index (Phi) is 5.09. The molecule has 0 aliphatic carbocycles. The van der Waals surface area contributed by atoms with Crippen LogP contribution in [0.2, 0.25) is 0 Å². The van der Waals surface area contributed by atoms with Gasteiger partial charge in [0.2, 0.25) is 0 Å². The molecule has 0 saturated heterocycles. The van der Waals surface area contributed by atoms with Crippen LogP contribution in [0.3, 0.4) is 0 Å². The van der Waals surface area contributed by atoms with Gasteiger partial charge >= 0.3 is 0 Å². The molecular formula is C16H19NO3. The molecule has 1 unspecified atom stereocenters. The number of aromatic nitrogens is 1. The highest BCUT2D eigenvalue weighted by Gasteiger charge is 2.15. The molecule has 0 fully saturated rings. The van der Waals surface area contributed by atoms with Crippen molar-refractivity contribution >= 4 is 0 Å². The topological polar surface area (TPSA) is 51.6 Å². The lowest BCUT2D eigenvalue weighted by atomic mass is 9.98. The Balaban J connectivity index is 2.30. The van der Waals surface area contributed by atoms with Crippen LogP contribution in [0, 0.1) is 0 Å². The Bertz CT molecular complexity index is 557. The first kappa shape index (κ1) is 14.5. The van der Waals surface area contributed by atoms with Crippen LogP contribution < -0.4 is 4.74 Å². The van der Waals surface area contributed by atoms with Crippen LogP contribution in [0.4, 0.5) is 0 Å². The Hall–Kier alpha value is -1.91. The molecule has 1 heterocycles. The van der Waals surface area contributed by atoms with Crippen molar-refractivity contribution in [3.63, 3.8) is 0 Å². The van der Waals surface area contributed by atoms with Crippen LogP contribution in [0.15, 0.2) is 42.7 Å². The molecule has 20 heavy (non-hydrogen) atoms. The fraction of sp³-hybridized carbons (Fsp3) is 0.312. The molecule has 4 heteroatoms. The van der Waals surface area contributed by atoms with Gasteiger partial charge < -0.3 is 14.6 Å². The van der Waals surface area contributed by atoms with Crippen molar-refractivity contribution in [2.75, 3.05) is 13.7 Å².